The number of rotatable bonds is 11. The molecule has 2 aromatic carbocycles. The van der Waals surface area contributed by atoms with Crippen LogP contribution in [0, 0.1) is 15.9 Å². The van der Waals surface area contributed by atoms with Crippen LogP contribution in [0.1, 0.15) is 32.8 Å². The van der Waals surface area contributed by atoms with Gasteiger partial charge < -0.3 is 19.7 Å². The Morgan fingerprint density at radius 2 is 1.91 bits per heavy atom. The SMILES string of the molecule is CCC(C)NC(=O)C(C)N(Cc1ccccc1F)C(=O)COc1ccc([N+](=O)[O-])c(OC)c1. The first-order chi connectivity index (χ1) is 15.7. The Morgan fingerprint density at radius 3 is 2.52 bits per heavy atom. The van der Waals surface area contributed by atoms with E-state index in [0.717, 1.165) is 0 Å². The Balaban J connectivity index is 2.21. The van der Waals surface area contributed by atoms with Crippen LogP contribution in [0.2, 0.25) is 0 Å². The summed E-state index contributed by atoms with van der Waals surface area (Å²) in [6.07, 6.45) is 0.713. The Labute approximate surface area is 191 Å². The van der Waals surface area contributed by atoms with E-state index in [1.807, 2.05) is 13.8 Å². The van der Waals surface area contributed by atoms with Crippen molar-refractivity contribution in [2.45, 2.75) is 45.8 Å². The first-order valence-corrected chi connectivity index (χ1v) is 10.5. The molecular formula is C23H28FN3O6. The lowest BCUT2D eigenvalue weighted by Crippen LogP contribution is -2.50. The molecule has 9 nitrogen and oxygen atoms in total. The molecule has 178 valence electrons. The predicted octanol–water partition coefficient (Wildman–Crippen LogP) is 3.45. The lowest BCUT2D eigenvalue weighted by atomic mass is 10.1. The molecular weight excluding hydrogens is 433 g/mol. The van der Waals surface area contributed by atoms with E-state index in [1.165, 1.54) is 48.4 Å². The number of carbonyl (C=O) groups excluding carboxylic acids is 2. The highest BCUT2D eigenvalue weighted by atomic mass is 19.1. The number of methoxy groups -OCH3 is 1. The maximum absolute atomic E-state index is 14.2. The van der Waals surface area contributed by atoms with Gasteiger partial charge in [-0.2, -0.15) is 0 Å². The fraction of sp³-hybridized carbons (Fsp3) is 0.391. The quantitative estimate of drug-likeness (QED) is 0.405. The number of nitro benzene ring substituents is 1. The molecule has 0 aliphatic carbocycles. The standard InChI is InChI=1S/C23H28FN3O6/c1-5-15(2)25-23(29)16(3)26(13-17-8-6-7-9-19(17)24)22(28)14-33-18-10-11-20(27(30)31)21(12-18)32-4/h6-12,15-16H,5,13-14H2,1-4H3,(H,25,29). The third kappa shape index (κ3) is 6.90. The molecule has 0 bridgehead atoms. The fourth-order valence-corrected chi connectivity index (χ4v) is 2.98. The van der Waals surface area contributed by atoms with E-state index in [4.69, 9.17) is 9.47 Å². The fourth-order valence-electron chi connectivity index (χ4n) is 2.98. The van der Waals surface area contributed by atoms with Crippen LogP contribution in [0.4, 0.5) is 10.1 Å². The number of halogens is 1. The van der Waals surface area contributed by atoms with Crippen LogP contribution in [0.15, 0.2) is 42.5 Å². The Hall–Kier alpha value is -3.69. The molecule has 0 aromatic heterocycles. The normalized spacial score (nSPS) is 12.4. The Morgan fingerprint density at radius 1 is 1.21 bits per heavy atom. The van der Waals surface area contributed by atoms with Crippen molar-refractivity contribution in [3.63, 3.8) is 0 Å². The second-order valence-corrected chi connectivity index (χ2v) is 7.49. The summed E-state index contributed by atoms with van der Waals surface area (Å²) in [5, 5.41) is 13.9. The van der Waals surface area contributed by atoms with Crippen molar-refractivity contribution < 1.29 is 28.4 Å². The molecule has 33 heavy (non-hydrogen) atoms. The number of nitrogens with one attached hydrogen (secondary N) is 1. The van der Waals surface area contributed by atoms with Crippen LogP contribution < -0.4 is 14.8 Å². The largest absolute Gasteiger partial charge is 0.490 e. The zero-order chi connectivity index (χ0) is 24.5. The molecule has 0 aliphatic rings. The molecule has 0 aliphatic heterocycles. The molecule has 0 saturated carbocycles. The molecule has 2 amide bonds. The van der Waals surface area contributed by atoms with Crippen LogP contribution in [-0.2, 0) is 16.1 Å². The Kier molecular flexibility index (Phi) is 9.14. The van der Waals surface area contributed by atoms with Crippen molar-refractivity contribution in [2.75, 3.05) is 13.7 Å². The molecule has 2 atom stereocenters. The summed E-state index contributed by atoms with van der Waals surface area (Å²) in [6, 6.07) is 8.87. The van der Waals surface area contributed by atoms with Crippen LogP contribution in [0.25, 0.3) is 0 Å². The number of nitro groups is 1. The number of nitrogens with zero attached hydrogens (tertiary/aromatic N) is 2. The molecule has 1 N–H and O–H groups in total. The maximum Gasteiger partial charge on any atom is 0.311 e. The lowest BCUT2D eigenvalue weighted by Gasteiger charge is -2.29. The van der Waals surface area contributed by atoms with Crippen LogP contribution >= 0.6 is 0 Å². The summed E-state index contributed by atoms with van der Waals surface area (Å²) in [7, 11) is 1.28. The molecule has 0 spiro atoms. The molecule has 0 fully saturated rings. The minimum Gasteiger partial charge on any atom is -0.490 e. The molecule has 0 heterocycles. The number of ether oxygens (including phenoxy) is 2. The number of amides is 2. The van der Waals surface area contributed by atoms with Crippen molar-refractivity contribution in [1.82, 2.24) is 10.2 Å². The molecule has 2 rings (SSSR count). The molecule has 2 unspecified atom stereocenters. The number of hydrogen-bond acceptors (Lipinski definition) is 6. The maximum atomic E-state index is 14.2. The average molecular weight is 461 g/mol. The van der Waals surface area contributed by atoms with Gasteiger partial charge in [0.2, 0.25) is 11.7 Å². The van der Waals surface area contributed by atoms with Gasteiger partial charge in [-0.25, -0.2) is 4.39 Å². The van der Waals surface area contributed by atoms with Crippen molar-refractivity contribution in [1.29, 1.82) is 0 Å². The third-order valence-corrected chi connectivity index (χ3v) is 5.18. The van der Waals surface area contributed by atoms with E-state index in [-0.39, 0.29) is 41.2 Å². The third-order valence-electron chi connectivity index (χ3n) is 5.18. The van der Waals surface area contributed by atoms with Crippen LogP contribution in [0.5, 0.6) is 11.5 Å². The smallest absolute Gasteiger partial charge is 0.311 e. The summed E-state index contributed by atoms with van der Waals surface area (Å²) < 4.78 is 24.7. The molecule has 0 saturated heterocycles. The monoisotopic (exact) mass is 461 g/mol. The second-order valence-electron chi connectivity index (χ2n) is 7.49. The van der Waals surface area contributed by atoms with Gasteiger partial charge in [0.1, 0.15) is 17.6 Å². The van der Waals surface area contributed by atoms with E-state index >= 15 is 0 Å². The van der Waals surface area contributed by atoms with E-state index in [1.54, 1.807) is 13.0 Å². The highest BCUT2D eigenvalue weighted by Gasteiger charge is 2.28. The van der Waals surface area contributed by atoms with Gasteiger partial charge in [-0.05, 0) is 32.4 Å². The van der Waals surface area contributed by atoms with Crippen molar-refractivity contribution in [3.8, 4) is 11.5 Å². The number of hydrogen-bond donors (Lipinski definition) is 1. The van der Waals surface area contributed by atoms with Crippen molar-refractivity contribution in [2.24, 2.45) is 0 Å². The summed E-state index contributed by atoms with van der Waals surface area (Å²) in [6.45, 7) is 4.73. The van der Waals surface area contributed by atoms with Gasteiger partial charge in [0.05, 0.1) is 12.0 Å². The predicted molar refractivity (Wildman–Crippen MR) is 119 cm³/mol. The van der Waals surface area contributed by atoms with E-state index in [0.29, 0.717) is 6.42 Å². The zero-order valence-corrected chi connectivity index (χ0v) is 19.0. The molecule has 10 heteroatoms. The molecule has 2 aromatic rings. The van der Waals surface area contributed by atoms with Gasteiger partial charge in [-0.3, -0.25) is 19.7 Å². The highest BCUT2D eigenvalue weighted by Crippen LogP contribution is 2.30. The summed E-state index contributed by atoms with van der Waals surface area (Å²) in [5.41, 5.74) is 0.0127. The zero-order valence-electron chi connectivity index (χ0n) is 19.0. The Bertz CT molecular complexity index is 1000. The van der Waals surface area contributed by atoms with Crippen LogP contribution in [0.3, 0.4) is 0 Å². The first kappa shape index (κ1) is 25.6. The number of carbonyl (C=O) groups is 2. The van der Waals surface area contributed by atoms with Crippen LogP contribution in [-0.4, -0.2) is 47.4 Å². The van der Waals surface area contributed by atoms with Gasteiger partial charge >= 0.3 is 5.69 Å². The second kappa shape index (κ2) is 11.8. The average Bonchev–Trinajstić information content (AvgIpc) is 2.80. The lowest BCUT2D eigenvalue weighted by molar-refractivity contribution is -0.385. The van der Waals surface area contributed by atoms with Gasteiger partial charge in [-0.15, -0.1) is 0 Å². The van der Waals surface area contributed by atoms with Crippen molar-refractivity contribution >= 4 is 17.5 Å². The highest BCUT2D eigenvalue weighted by molar-refractivity contribution is 5.88. The van der Waals surface area contributed by atoms with Gasteiger partial charge in [0, 0.05) is 30.3 Å². The summed E-state index contributed by atoms with van der Waals surface area (Å²) in [5.74, 6) is -1.26. The first-order valence-electron chi connectivity index (χ1n) is 10.5. The van der Waals surface area contributed by atoms with Crippen molar-refractivity contribution in [3.05, 3.63) is 64.0 Å². The van der Waals surface area contributed by atoms with Gasteiger partial charge in [0.25, 0.3) is 5.91 Å². The summed E-state index contributed by atoms with van der Waals surface area (Å²) in [4.78, 5) is 37.4. The minimum atomic E-state index is -0.888. The molecule has 0 radical (unpaired) electrons. The van der Waals surface area contributed by atoms with E-state index in [9.17, 15) is 24.1 Å². The van der Waals surface area contributed by atoms with E-state index in [2.05, 4.69) is 5.32 Å². The topological polar surface area (TPSA) is 111 Å². The van der Waals surface area contributed by atoms with E-state index < -0.39 is 29.3 Å². The minimum absolute atomic E-state index is 0.0190. The number of benzene rings is 2. The van der Waals surface area contributed by atoms with Gasteiger partial charge in [0.15, 0.2) is 6.61 Å². The summed E-state index contributed by atoms with van der Waals surface area (Å²) >= 11 is 0. The van der Waals surface area contributed by atoms with Gasteiger partial charge in [-0.1, -0.05) is 25.1 Å².